The molecule has 19 heavy (non-hydrogen) atoms. The highest BCUT2D eigenvalue weighted by molar-refractivity contribution is 7.90. The van der Waals surface area contributed by atoms with E-state index in [0.717, 1.165) is 25.3 Å². The zero-order valence-electron chi connectivity index (χ0n) is 12.7. The second-order valence-electron chi connectivity index (χ2n) is 6.19. The lowest BCUT2D eigenvalue weighted by Gasteiger charge is -2.46. The van der Waals surface area contributed by atoms with Crippen molar-refractivity contribution < 1.29 is 8.42 Å². The third-order valence-electron chi connectivity index (χ3n) is 4.81. The van der Waals surface area contributed by atoms with Crippen LogP contribution in [0, 0.1) is 5.92 Å². The van der Waals surface area contributed by atoms with Gasteiger partial charge in [-0.2, -0.15) is 0 Å². The molecule has 1 aliphatic rings. The molecule has 0 spiro atoms. The Morgan fingerprint density at radius 2 is 1.89 bits per heavy atom. The molecule has 1 fully saturated rings. The van der Waals surface area contributed by atoms with Crippen molar-refractivity contribution in [2.45, 2.75) is 51.0 Å². The van der Waals surface area contributed by atoms with E-state index in [4.69, 9.17) is 5.73 Å². The van der Waals surface area contributed by atoms with Gasteiger partial charge in [0, 0.05) is 18.3 Å². The second kappa shape index (κ2) is 7.04. The van der Waals surface area contributed by atoms with Crippen LogP contribution in [0.4, 0.5) is 0 Å². The smallest absolute Gasteiger partial charge is 0.147 e. The largest absolute Gasteiger partial charge is 0.329 e. The van der Waals surface area contributed by atoms with Gasteiger partial charge in [-0.1, -0.05) is 13.3 Å². The van der Waals surface area contributed by atoms with Gasteiger partial charge in [-0.05, 0) is 51.6 Å². The van der Waals surface area contributed by atoms with Crippen LogP contribution in [0.3, 0.4) is 0 Å². The number of hydrogen-bond acceptors (Lipinski definition) is 4. The zero-order chi connectivity index (χ0) is 14.5. The maximum absolute atomic E-state index is 11.2. The fourth-order valence-corrected chi connectivity index (χ4v) is 3.82. The Bertz CT molecular complexity index is 360. The van der Waals surface area contributed by atoms with Gasteiger partial charge in [0.15, 0.2) is 0 Å². The van der Waals surface area contributed by atoms with Gasteiger partial charge in [0.2, 0.25) is 0 Å². The molecule has 0 heterocycles. The van der Waals surface area contributed by atoms with E-state index in [0.29, 0.717) is 13.0 Å². The van der Waals surface area contributed by atoms with Crippen LogP contribution in [0.5, 0.6) is 0 Å². The van der Waals surface area contributed by atoms with Crippen molar-refractivity contribution in [3.8, 4) is 0 Å². The Hall–Kier alpha value is -0.130. The summed E-state index contributed by atoms with van der Waals surface area (Å²) in [4.78, 5) is 2.31. The number of nitrogens with two attached hydrogens (primary N) is 1. The van der Waals surface area contributed by atoms with Gasteiger partial charge < -0.3 is 5.73 Å². The van der Waals surface area contributed by atoms with E-state index in [1.165, 1.54) is 25.5 Å². The molecule has 1 rings (SSSR count). The van der Waals surface area contributed by atoms with Crippen molar-refractivity contribution in [1.29, 1.82) is 0 Å². The molecule has 1 saturated carbocycles. The highest BCUT2D eigenvalue weighted by Gasteiger charge is 2.36. The Morgan fingerprint density at radius 1 is 1.32 bits per heavy atom. The predicted molar refractivity (Wildman–Crippen MR) is 81.0 cm³/mol. The van der Waals surface area contributed by atoms with Gasteiger partial charge in [-0.3, -0.25) is 4.90 Å². The molecule has 5 heteroatoms. The van der Waals surface area contributed by atoms with Crippen LogP contribution in [-0.4, -0.2) is 51.0 Å². The number of sulfone groups is 1. The summed E-state index contributed by atoms with van der Waals surface area (Å²) in [7, 11) is -0.749. The lowest BCUT2D eigenvalue weighted by Crippen LogP contribution is -2.54. The molecule has 0 aromatic rings. The highest BCUT2D eigenvalue weighted by Crippen LogP contribution is 2.36. The van der Waals surface area contributed by atoms with Crippen molar-refractivity contribution in [2.75, 3.05) is 32.1 Å². The van der Waals surface area contributed by atoms with Crippen molar-refractivity contribution in [2.24, 2.45) is 11.7 Å². The molecule has 0 aliphatic heterocycles. The molecule has 2 N–H and O–H groups in total. The SMILES string of the molecule is CCC1CCC(CN)(N(C)CCCS(C)(=O)=O)CC1. The molecule has 0 atom stereocenters. The first kappa shape index (κ1) is 16.9. The van der Waals surface area contributed by atoms with Gasteiger partial charge >= 0.3 is 0 Å². The average Bonchev–Trinajstić information content (AvgIpc) is 2.37. The standard InChI is InChI=1S/C14H30N2O2S/c1-4-13-6-8-14(12-15,9-7-13)16(2)10-5-11-19(3,17)18/h13H,4-12,15H2,1-3H3. The molecule has 0 radical (unpaired) electrons. The molecule has 0 aromatic carbocycles. The molecular weight excluding hydrogens is 260 g/mol. The summed E-state index contributed by atoms with van der Waals surface area (Å²) < 4.78 is 22.4. The number of likely N-dealkylation sites (N-methyl/N-ethyl adjacent to an activating group) is 1. The average molecular weight is 290 g/mol. The lowest BCUT2D eigenvalue weighted by molar-refractivity contribution is 0.0643. The highest BCUT2D eigenvalue weighted by atomic mass is 32.2. The molecule has 0 amide bonds. The molecular formula is C14H30N2O2S. The topological polar surface area (TPSA) is 63.4 Å². The lowest BCUT2D eigenvalue weighted by atomic mass is 9.74. The number of hydrogen-bond donors (Lipinski definition) is 1. The molecule has 0 saturated heterocycles. The van der Waals surface area contributed by atoms with Crippen LogP contribution in [0.2, 0.25) is 0 Å². The predicted octanol–water partition coefficient (Wildman–Crippen LogP) is 1.65. The molecule has 4 nitrogen and oxygen atoms in total. The van der Waals surface area contributed by atoms with Crippen molar-refractivity contribution >= 4 is 9.84 Å². The minimum atomic E-state index is -2.85. The fraction of sp³-hybridized carbons (Fsp3) is 1.00. The van der Waals surface area contributed by atoms with Crippen molar-refractivity contribution in [3.63, 3.8) is 0 Å². The van der Waals surface area contributed by atoms with Crippen molar-refractivity contribution in [3.05, 3.63) is 0 Å². The number of rotatable bonds is 7. The van der Waals surface area contributed by atoms with Gasteiger partial charge in [-0.15, -0.1) is 0 Å². The maximum Gasteiger partial charge on any atom is 0.147 e. The van der Waals surface area contributed by atoms with Gasteiger partial charge in [0.1, 0.15) is 9.84 Å². The van der Waals surface area contributed by atoms with Crippen LogP contribution in [0.25, 0.3) is 0 Å². The zero-order valence-corrected chi connectivity index (χ0v) is 13.5. The molecule has 0 aromatic heterocycles. The molecule has 114 valence electrons. The fourth-order valence-electron chi connectivity index (χ4n) is 3.17. The van der Waals surface area contributed by atoms with Gasteiger partial charge in [0.25, 0.3) is 0 Å². The summed E-state index contributed by atoms with van der Waals surface area (Å²) in [6, 6.07) is 0. The Labute approximate surface area is 118 Å². The Kier molecular flexibility index (Phi) is 6.27. The van der Waals surface area contributed by atoms with Crippen LogP contribution in [-0.2, 0) is 9.84 Å². The van der Waals surface area contributed by atoms with E-state index < -0.39 is 9.84 Å². The van der Waals surface area contributed by atoms with E-state index in [1.54, 1.807) is 0 Å². The van der Waals surface area contributed by atoms with Crippen LogP contribution in [0.1, 0.15) is 45.4 Å². The second-order valence-corrected chi connectivity index (χ2v) is 8.44. The summed E-state index contributed by atoms with van der Waals surface area (Å²) in [5.41, 5.74) is 6.12. The minimum Gasteiger partial charge on any atom is -0.329 e. The van der Waals surface area contributed by atoms with E-state index in [2.05, 4.69) is 18.9 Å². The quantitative estimate of drug-likeness (QED) is 0.774. The van der Waals surface area contributed by atoms with Crippen LogP contribution < -0.4 is 5.73 Å². The van der Waals surface area contributed by atoms with E-state index in [9.17, 15) is 8.42 Å². The first-order valence-corrected chi connectivity index (χ1v) is 9.48. The van der Waals surface area contributed by atoms with Crippen molar-refractivity contribution in [1.82, 2.24) is 4.90 Å². The summed E-state index contributed by atoms with van der Waals surface area (Å²) in [6.45, 7) is 3.76. The monoisotopic (exact) mass is 290 g/mol. The van der Waals surface area contributed by atoms with Gasteiger partial charge in [0.05, 0.1) is 5.75 Å². The Balaban J connectivity index is 2.50. The summed E-state index contributed by atoms with van der Waals surface area (Å²) in [5.74, 6) is 1.12. The molecule has 0 bridgehead atoms. The molecule has 1 aliphatic carbocycles. The third-order valence-corrected chi connectivity index (χ3v) is 5.84. The normalized spacial score (nSPS) is 28.8. The van der Waals surface area contributed by atoms with Crippen LogP contribution in [0.15, 0.2) is 0 Å². The molecule has 0 unspecified atom stereocenters. The summed E-state index contributed by atoms with van der Waals surface area (Å²) in [5, 5.41) is 0. The Morgan fingerprint density at radius 3 is 2.32 bits per heavy atom. The first-order valence-electron chi connectivity index (χ1n) is 7.42. The number of nitrogens with zero attached hydrogens (tertiary/aromatic N) is 1. The maximum atomic E-state index is 11.2. The minimum absolute atomic E-state index is 0.100. The van der Waals surface area contributed by atoms with E-state index in [1.807, 2.05) is 0 Å². The van der Waals surface area contributed by atoms with E-state index >= 15 is 0 Å². The van der Waals surface area contributed by atoms with Gasteiger partial charge in [-0.25, -0.2) is 8.42 Å². The first-order chi connectivity index (χ1) is 8.83. The van der Waals surface area contributed by atoms with Crippen LogP contribution >= 0.6 is 0 Å². The summed E-state index contributed by atoms with van der Waals surface area (Å²) in [6.07, 6.45) is 8.08. The summed E-state index contributed by atoms with van der Waals surface area (Å²) >= 11 is 0. The third kappa shape index (κ3) is 5.04. The van der Waals surface area contributed by atoms with E-state index in [-0.39, 0.29) is 11.3 Å².